The summed E-state index contributed by atoms with van der Waals surface area (Å²) in [6.45, 7) is -5.12. The average molecular weight is 1540 g/mol. The summed E-state index contributed by atoms with van der Waals surface area (Å²) in [5, 5.41) is 289. The summed E-state index contributed by atoms with van der Waals surface area (Å²) in [6.07, 6.45) is -87.4. The van der Waals surface area contributed by atoms with Crippen LogP contribution >= 0.6 is 0 Å². The van der Waals surface area contributed by atoms with Crippen molar-refractivity contribution >= 4 is 11.8 Å². The van der Waals surface area contributed by atoms with Crippen LogP contribution in [-0.2, 0) is 90.1 Å². The van der Waals surface area contributed by atoms with Gasteiger partial charge in [0.05, 0.1) is 59.0 Å². The van der Waals surface area contributed by atoms with Crippen molar-refractivity contribution in [1.29, 1.82) is 0 Å². The monoisotopic (exact) mass is 1540 g/mol. The Kier molecular flexibility index (Phi) is 30.6. The zero-order valence-electron chi connectivity index (χ0n) is 56.0. The second-order valence-corrected chi connectivity index (χ2v) is 26.7. The maximum Gasteiger partial charge on any atom is 0.217 e. The molecule has 0 bridgehead atoms. The minimum atomic E-state index is -2.57. The molecule has 28 N–H and O–H groups in total. The molecule has 0 aromatic rings. The fraction of sp³-hybridized carbons (Fsp3) is 0.966. The van der Waals surface area contributed by atoms with E-state index in [0.717, 1.165) is 13.8 Å². The number of nitrogens with one attached hydrogen (secondary N) is 2. The molecule has 9 aliphatic heterocycles. The molecule has 47 heteroatoms. The summed E-state index contributed by atoms with van der Waals surface area (Å²) in [5.41, 5.74) is 0. The predicted molar refractivity (Wildman–Crippen MR) is 319 cm³/mol. The average Bonchev–Trinajstić information content (AvgIpc) is 0.746. The van der Waals surface area contributed by atoms with Crippen molar-refractivity contribution in [3.05, 3.63) is 0 Å². The van der Waals surface area contributed by atoms with Crippen LogP contribution in [0, 0.1) is 0 Å². The number of carbonyl (C=O) groups is 2. The lowest BCUT2D eigenvalue weighted by Gasteiger charge is -2.52. The number of hydrogen-bond acceptors (Lipinski definition) is 45. The van der Waals surface area contributed by atoms with Crippen molar-refractivity contribution in [2.45, 2.75) is 297 Å². The molecule has 0 aliphatic carbocycles. The van der Waals surface area contributed by atoms with Crippen molar-refractivity contribution in [1.82, 2.24) is 10.6 Å². The fourth-order valence-corrected chi connectivity index (χ4v) is 13.5. The van der Waals surface area contributed by atoms with Crippen molar-refractivity contribution in [2.24, 2.45) is 0 Å². The highest BCUT2D eigenvalue weighted by molar-refractivity contribution is 5.73. The summed E-state index contributed by atoms with van der Waals surface area (Å²) in [4.78, 5) is 25.6. The second-order valence-electron chi connectivity index (χ2n) is 26.7. The van der Waals surface area contributed by atoms with Gasteiger partial charge < -0.3 is 224 Å². The number of ether oxygens (including phenoxy) is 17. The number of aliphatic hydroxyl groups is 26. The van der Waals surface area contributed by atoms with Crippen LogP contribution in [0.3, 0.4) is 0 Å². The highest BCUT2D eigenvalue weighted by Gasteiger charge is 2.61. The van der Waals surface area contributed by atoms with E-state index in [-0.39, 0.29) is 0 Å². The number of rotatable bonds is 26. The molecule has 105 heavy (non-hydrogen) atoms. The molecule has 9 heterocycles. The lowest BCUT2D eigenvalue weighted by atomic mass is 9.93. The topological polar surface area (TPSA) is 741 Å². The normalized spacial score (nSPS) is 51.5. The van der Waals surface area contributed by atoms with Gasteiger partial charge in [-0.1, -0.05) is 0 Å². The SMILES string of the molecule is CC(=O)N[C@@H]1[C@@H](O)[C@H](O[C@@H]2O[C@H](CO)[C@@H](O[C@@H]3O[C@H](CO[C@H]4O[C@H](CO)[C@@H](O)[C@H](O)[C@@H]4O)[C@@H](O[C@@H]4O[C@H](CO)[C@H](O)[C@H](O)[C@H]4O)[C@H](O[C@H]4O[C@H](CO)[C@@H](O[C@H]5O[C@H](CO)[C@H](O)[C@H](O)[C@H]5O)[C@H](O)[C@@H]4O)[C@@H]3O)[C@H](O)[C@H]2NC(C)=O)[C@@H](CO[C@@H]2O[C@@H](C)[C@@H](O[C@@H]3O[C@H](CO)[C@H](O)[C@H](O)[C@H]3O)[C@@H](O)[C@@H]2O)O[C@H]1O. The van der Waals surface area contributed by atoms with Crippen molar-refractivity contribution in [3.63, 3.8) is 0 Å². The number of carbonyl (C=O) groups excluding carboxylic acids is 2. The van der Waals surface area contributed by atoms with Gasteiger partial charge in [0.1, 0.15) is 214 Å². The molecule has 2 amide bonds. The van der Waals surface area contributed by atoms with Gasteiger partial charge in [0.15, 0.2) is 56.6 Å². The molecule has 9 fully saturated rings. The minimum Gasteiger partial charge on any atom is -0.394 e. The summed E-state index contributed by atoms with van der Waals surface area (Å²) in [5.74, 6) is -1.83. The Labute approximate surface area is 593 Å². The van der Waals surface area contributed by atoms with Crippen LogP contribution in [0.4, 0.5) is 0 Å². The summed E-state index contributed by atoms with van der Waals surface area (Å²) >= 11 is 0. The summed E-state index contributed by atoms with van der Waals surface area (Å²) in [6, 6.07) is -3.79. The molecule has 0 aromatic carbocycles. The van der Waals surface area contributed by atoms with Crippen molar-refractivity contribution < 1.29 is 223 Å². The van der Waals surface area contributed by atoms with E-state index in [1.807, 2.05) is 0 Å². The highest BCUT2D eigenvalue weighted by atomic mass is 16.8. The van der Waals surface area contributed by atoms with Gasteiger partial charge in [-0.25, -0.2) is 0 Å². The zero-order chi connectivity index (χ0) is 77.2. The van der Waals surface area contributed by atoms with Gasteiger partial charge in [0.25, 0.3) is 0 Å². The van der Waals surface area contributed by atoms with E-state index >= 15 is 0 Å². The molecule has 45 atom stereocenters. The molecule has 47 nitrogen and oxygen atoms in total. The number of hydrogen-bond donors (Lipinski definition) is 28. The predicted octanol–water partition coefficient (Wildman–Crippen LogP) is -19.3. The third-order valence-electron chi connectivity index (χ3n) is 19.5. The van der Waals surface area contributed by atoms with Gasteiger partial charge in [0, 0.05) is 13.8 Å². The first-order chi connectivity index (χ1) is 49.6. The summed E-state index contributed by atoms with van der Waals surface area (Å²) in [7, 11) is 0. The molecule has 0 spiro atoms. The molecule has 0 saturated carbocycles. The third-order valence-corrected chi connectivity index (χ3v) is 19.5. The Morgan fingerprint density at radius 1 is 0.267 bits per heavy atom. The fourth-order valence-electron chi connectivity index (χ4n) is 13.5. The van der Waals surface area contributed by atoms with Crippen LogP contribution in [0.25, 0.3) is 0 Å². The Bertz CT molecular complexity index is 2690. The number of aliphatic hydroxyl groups excluding tert-OH is 26. The second kappa shape index (κ2) is 37.2. The largest absolute Gasteiger partial charge is 0.394 e. The van der Waals surface area contributed by atoms with E-state index < -0.39 is 341 Å². The first-order valence-corrected chi connectivity index (χ1v) is 33.5. The smallest absolute Gasteiger partial charge is 0.217 e. The molecule has 9 rings (SSSR count). The molecule has 9 aliphatic rings. The van der Waals surface area contributed by atoms with Crippen LogP contribution in [-0.4, -0.2) is 474 Å². The lowest BCUT2D eigenvalue weighted by molar-refractivity contribution is -0.406. The van der Waals surface area contributed by atoms with Gasteiger partial charge in [-0.15, -0.1) is 0 Å². The Balaban J connectivity index is 1.01. The maximum atomic E-state index is 13.2. The molecule has 610 valence electrons. The summed E-state index contributed by atoms with van der Waals surface area (Å²) < 4.78 is 99.5. The minimum absolute atomic E-state index is 0.846. The van der Waals surface area contributed by atoms with Crippen LogP contribution in [0.1, 0.15) is 20.8 Å². The van der Waals surface area contributed by atoms with E-state index in [4.69, 9.17) is 80.5 Å². The van der Waals surface area contributed by atoms with Crippen LogP contribution < -0.4 is 10.6 Å². The number of amides is 2. The standard InChI is InChI=1S/C58H98N2O45/c1-12-44(100-54-38(82)32(76)26(70)16(5-62)94-54)35(79)41(85)52(91-12)89-10-21-47(29(73)23(50(88)92-21)59-13(2)67)101-51-24(60-14(3)68)30(74)45(19(8-65)97-51)102-58-43(87)49(105-57-42(86)36(80)46(20(9-66)98-57)103-55-39(83)33(77)27(71)17(6-63)95-55)48(104-56-40(84)34(78)28(72)18(7-64)96-56)22(99-58)11-90-53-37(81)31(75)25(69)15(4-61)93-53/h12,15-58,61-66,69-88H,4-11H2,1-3H3,(H,59,67)(H,60,68)/t12-,15+,16+,17+,18+,19+,20+,21+,22+,23+,24+,25+,26-,27-,28-,29+,30+,31-,32-,33-,34-,35-,36+,37-,38+,39+,40+,41-,42-,43-,44+,45+,46+,47+,48+,49+,50+,51-,52+,53-,54-,55+,56-,57+,58-/m0/s1. The maximum absolute atomic E-state index is 13.2. The Morgan fingerprint density at radius 2 is 0.543 bits per heavy atom. The molecule has 0 radical (unpaired) electrons. The van der Waals surface area contributed by atoms with Crippen LogP contribution in [0.15, 0.2) is 0 Å². The van der Waals surface area contributed by atoms with E-state index in [9.17, 15) is 142 Å². The van der Waals surface area contributed by atoms with Gasteiger partial charge in [-0.05, 0) is 6.92 Å². The van der Waals surface area contributed by atoms with Crippen molar-refractivity contribution in [2.75, 3.05) is 52.9 Å². The first kappa shape index (κ1) is 86.2. The zero-order valence-corrected chi connectivity index (χ0v) is 56.0. The third kappa shape index (κ3) is 18.6. The Hall–Kier alpha value is -2.78. The molecular weight excluding hydrogens is 1440 g/mol. The van der Waals surface area contributed by atoms with E-state index in [1.165, 1.54) is 6.92 Å². The van der Waals surface area contributed by atoms with E-state index in [0.29, 0.717) is 0 Å². The molecule has 0 aromatic heterocycles. The molecular formula is C58H98N2O45. The highest BCUT2D eigenvalue weighted by Crippen LogP contribution is 2.40. The van der Waals surface area contributed by atoms with Crippen LogP contribution in [0.5, 0.6) is 0 Å². The van der Waals surface area contributed by atoms with E-state index in [2.05, 4.69) is 10.6 Å². The van der Waals surface area contributed by atoms with Gasteiger partial charge >= 0.3 is 0 Å². The molecule has 0 unspecified atom stereocenters. The van der Waals surface area contributed by atoms with Crippen LogP contribution in [0.2, 0.25) is 0 Å². The van der Waals surface area contributed by atoms with Crippen molar-refractivity contribution in [3.8, 4) is 0 Å². The first-order valence-electron chi connectivity index (χ1n) is 33.5. The quantitative estimate of drug-likeness (QED) is 0.0382. The van der Waals surface area contributed by atoms with Gasteiger partial charge in [-0.2, -0.15) is 0 Å². The lowest BCUT2D eigenvalue weighted by Crippen LogP contribution is -2.71. The van der Waals surface area contributed by atoms with Gasteiger partial charge in [0.2, 0.25) is 11.8 Å². The van der Waals surface area contributed by atoms with E-state index in [1.54, 1.807) is 0 Å². The van der Waals surface area contributed by atoms with Gasteiger partial charge in [-0.3, -0.25) is 9.59 Å². The molecule has 9 saturated heterocycles. The Morgan fingerprint density at radius 3 is 0.981 bits per heavy atom.